The molecule has 1 amide bonds. The van der Waals surface area contributed by atoms with Crippen LogP contribution in [0.1, 0.15) is 40.0 Å². The van der Waals surface area contributed by atoms with Gasteiger partial charge in [0.15, 0.2) is 11.5 Å². The van der Waals surface area contributed by atoms with Crippen molar-refractivity contribution in [3.63, 3.8) is 0 Å². The maximum atomic E-state index is 12.6. The summed E-state index contributed by atoms with van der Waals surface area (Å²) in [6, 6.07) is 11.4. The first kappa shape index (κ1) is 16.9. The first-order valence-corrected chi connectivity index (χ1v) is 7.57. The second-order valence-corrected chi connectivity index (χ2v) is 5.60. The molecule has 0 spiro atoms. The maximum Gasteiger partial charge on any atom is 0.255 e. The summed E-state index contributed by atoms with van der Waals surface area (Å²) >= 11 is 0. The van der Waals surface area contributed by atoms with Crippen LogP contribution in [0, 0.1) is 13.8 Å². The number of carbonyl (C=O) groups excluding carboxylic acids is 1. The van der Waals surface area contributed by atoms with Crippen LogP contribution in [-0.2, 0) is 0 Å². The zero-order valence-electron chi connectivity index (χ0n) is 14.3. The summed E-state index contributed by atoms with van der Waals surface area (Å²) in [5.41, 5.74) is 3.93. The number of hydrogen-bond acceptors (Lipinski definition) is 3. The van der Waals surface area contributed by atoms with E-state index in [0.717, 1.165) is 11.1 Å². The summed E-state index contributed by atoms with van der Waals surface area (Å²) < 4.78 is 10.6. The van der Waals surface area contributed by atoms with Crippen molar-refractivity contribution in [3.8, 4) is 11.5 Å². The molecule has 0 aliphatic carbocycles. The van der Waals surface area contributed by atoms with Crippen LogP contribution < -0.4 is 14.8 Å². The van der Waals surface area contributed by atoms with Gasteiger partial charge in [0.1, 0.15) is 0 Å². The molecular formula is C19H23NO3. The molecule has 4 heteroatoms. The van der Waals surface area contributed by atoms with Crippen molar-refractivity contribution in [2.45, 2.75) is 26.8 Å². The minimum atomic E-state index is -0.187. The molecule has 0 unspecified atom stereocenters. The fourth-order valence-electron chi connectivity index (χ4n) is 2.73. The third kappa shape index (κ3) is 3.65. The summed E-state index contributed by atoms with van der Waals surface area (Å²) in [6.07, 6.45) is 0. The Morgan fingerprint density at radius 2 is 1.83 bits per heavy atom. The number of methoxy groups -OCH3 is 2. The molecule has 0 aliphatic heterocycles. The minimum Gasteiger partial charge on any atom is -0.493 e. The van der Waals surface area contributed by atoms with Crippen molar-refractivity contribution in [3.05, 3.63) is 58.7 Å². The van der Waals surface area contributed by atoms with E-state index in [2.05, 4.69) is 37.4 Å². The van der Waals surface area contributed by atoms with Gasteiger partial charge >= 0.3 is 0 Å². The number of benzene rings is 2. The number of carbonyl (C=O) groups is 1. The first-order valence-electron chi connectivity index (χ1n) is 7.57. The van der Waals surface area contributed by atoms with Crippen LogP contribution in [0.5, 0.6) is 11.5 Å². The summed E-state index contributed by atoms with van der Waals surface area (Å²) in [7, 11) is 3.08. The second-order valence-electron chi connectivity index (χ2n) is 5.60. The summed E-state index contributed by atoms with van der Waals surface area (Å²) in [4.78, 5) is 12.6. The van der Waals surface area contributed by atoms with Gasteiger partial charge in [0.05, 0.1) is 25.8 Å². The van der Waals surface area contributed by atoms with Crippen LogP contribution in [0.4, 0.5) is 0 Å². The van der Waals surface area contributed by atoms with Gasteiger partial charge in [0.25, 0.3) is 5.91 Å². The highest BCUT2D eigenvalue weighted by atomic mass is 16.5. The number of rotatable bonds is 5. The van der Waals surface area contributed by atoms with Gasteiger partial charge in [0.2, 0.25) is 0 Å². The maximum absolute atomic E-state index is 12.6. The zero-order chi connectivity index (χ0) is 17.0. The van der Waals surface area contributed by atoms with E-state index in [9.17, 15) is 4.79 Å². The smallest absolute Gasteiger partial charge is 0.255 e. The normalized spacial score (nSPS) is 11.7. The Labute approximate surface area is 137 Å². The monoisotopic (exact) mass is 313 g/mol. The van der Waals surface area contributed by atoms with Gasteiger partial charge in [0, 0.05) is 0 Å². The molecular weight excluding hydrogens is 290 g/mol. The Balaban J connectivity index is 2.25. The molecule has 2 rings (SSSR count). The van der Waals surface area contributed by atoms with Crippen LogP contribution in [0.3, 0.4) is 0 Å². The zero-order valence-corrected chi connectivity index (χ0v) is 14.3. The fraction of sp³-hybridized carbons (Fsp3) is 0.316. The number of amides is 1. The lowest BCUT2D eigenvalue weighted by Crippen LogP contribution is -2.27. The van der Waals surface area contributed by atoms with Gasteiger partial charge in [-0.3, -0.25) is 4.79 Å². The number of nitrogens with one attached hydrogen (secondary N) is 1. The summed E-state index contributed by atoms with van der Waals surface area (Å²) in [6.45, 7) is 6.08. The van der Waals surface area contributed by atoms with E-state index in [4.69, 9.17) is 9.47 Å². The van der Waals surface area contributed by atoms with E-state index in [1.165, 1.54) is 12.7 Å². The Morgan fingerprint density at radius 1 is 1.09 bits per heavy atom. The molecule has 4 nitrogen and oxygen atoms in total. The number of aryl methyl sites for hydroxylation is 2. The van der Waals surface area contributed by atoms with E-state index in [1.54, 1.807) is 25.3 Å². The van der Waals surface area contributed by atoms with Crippen molar-refractivity contribution in [1.29, 1.82) is 0 Å². The molecule has 0 bridgehead atoms. The quantitative estimate of drug-likeness (QED) is 0.913. The summed E-state index contributed by atoms with van der Waals surface area (Å²) in [5, 5.41) is 3.02. The van der Waals surface area contributed by atoms with Gasteiger partial charge in [-0.05, 0) is 44.0 Å². The molecule has 1 N–H and O–H groups in total. The van der Waals surface area contributed by atoms with Gasteiger partial charge in [-0.15, -0.1) is 0 Å². The predicted molar refractivity (Wildman–Crippen MR) is 91.3 cm³/mol. The van der Waals surface area contributed by atoms with Gasteiger partial charge in [-0.25, -0.2) is 0 Å². The molecule has 2 aromatic carbocycles. The predicted octanol–water partition coefficient (Wildman–Crippen LogP) is 3.81. The highest BCUT2D eigenvalue weighted by Crippen LogP contribution is 2.31. The van der Waals surface area contributed by atoms with Gasteiger partial charge < -0.3 is 14.8 Å². The molecule has 0 aliphatic rings. The SMILES string of the molecule is COc1cccc(C(=O)N[C@@H](C)c2ccc(C)cc2C)c1OC. The molecule has 0 fully saturated rings. The van der Waals surface area contributed by atoms with Crippen LogP contribution in [0.15, 0.2) is 36.4 Å². The first-order chi connectivity index (χ1) is 11.0. The highest BCUT2D eigenvalue weighted by Gasteiger charge is 2.19. The molecule has 23 heavy (non-hydrogen) atoms. The Bertz CT molecular complexity index is 710. The van der Waals surface area contributed by atoms with Crippen molar-refractivity contribution in [2.75, 3.05) is 14.2 Å². The van der Waals surface area contributed by atoms with E-state index < -0.39 is 0 Å². The van der Waals surface area contributed by atoms with Crippen molar-refractivity contribution in [1.82, 2.24) is 5.32 Å². The number of para-hydroxylation sites is 1. The highest BCUT2D eigenvalue weighted by molar-refractivity contribution is 5.98. The largest absolute Gasteiger partial charge is 0.493 e. The van der Waals surface area contributed by atoms with Crippen LogP contribution in [0.25, 0.3) is 0 Å². The van der Waals surface area contributed by atoms with Crippen LogP contribution in [-0.4, -0.2) is 20.1 Å². The molecule has 0 saturated heterocycles. The molecule has 0 radical (unpaired) electrons. The average Bonchev–Trinajstić information content (AvgIpc) is 2.53. The van der Waals surface area contributed by atoms with E-state index in [1.807, 2.05) is 6.92 Å². The molecule has 0 aromatic heterocycles. The van der Waals surface area contributed by atoms with Gasteiger partial charge in [-0.2, -0.15) is 0 Å². The third-order valence-electron chi connectivity index (χ3n) is 3.89. The Kier molecular flexibility index (Phi) is 5.27. The lowest BCUT2D eigenvalue weighted by molar-refractivity contribution is 0.0936. The summed E-state index contributed by atoms with van der Waals surface area (Å²) in [5.74, 6) is 0.799. The molecule has 0 heterocycles. The standard InChI is InChI=1S/C19H23NO3/c1-12-9-10-15(13(2)11-12)14(3)20-19(21)16-7-6-8-17(22-4)18(16)23-5/h6-11,14H,1-5H3,(H,20,21)/t14-/m0/s1. The lowest BCUT2D eigenvalue weighted by atomic mass is 10.00. The lowest BCUT2D eigenvalue weighted by Gasteiger charge is -2.18. The molecule has 122 valence electrons. The van der Waals surface area contributed by atoms with Crippen molar-refractivity contribution >= 4 is 5.91 Å². The topological polar surface area (TPSA) is 47.6 Å². The molecule has 0 saturated carbocycles. The average molecular weight is 313 g/mol. The van der Waals surface area contributed by atoms with E-state index in [0.29, 0.717) is 17.1 Å². The van der Waals surface area contributed by atoms with Crippen LogP contribution >= 0.6 is 0 Å². The van der Waals surface area contributed by atoms with Gasteiger partial charge in [-0.1, -0.05) is 29.8 Å². The molecule has 2 aromatic rings. The van der Waals surface area contributed by atoms with E-state index in [-0.39, 0.29) is 11.9 Å². The number of hydrogen-bond donors (Lipinski definition) is 1. The fourth-order valence-corrected chi connectivity index (χ4v) is 2.73. The number of ether oxygens (including phenoxy) is 2. The van der Waals surface area contributed by atoms with Crippen LogP contribution in [0.2, 0.25) is 0 Å². The van der Waals surface area contributed by atoms with Crippen molar-refractivity contribution in [2.24, 2.45) is 0 Å². The Hall–Kier alpha value is -2.49. The Morgan fingerprint density at radius 3 is 2.43 bits per heavy atom. The minimum absolute atomic E-state index is 0.0981. The second kappa shape index (κ2) is 7.18. The van der Waals surface area contributed by atoms with E-state index >= 15 is 0 Å². The van der Waals surface area contributed by atoms with Crippen molar-refractivity contribution < 1.29 is 14.3 Å². The third-order valence-corrected chi connectivity index (χ3v) is 3.89. The molecule has 1 atom stereocenters.